The van der Waals surface area contributed by atoms with Crippen molar-refractivity contribution in [1.82, 2.24) is 9.97 Å². The highest BCUT2D eigenvalue weighted by atomic mass is 32.2. The monoisotopic (exact) mass is 308 g/mol. The number of carboxylic acid groups (broad SMARTS) is 1. The molecule has 1 saturated carbocycles. The zero-order chi connectivity index (χ0) is 15.2. The molecule has 0 amide bonds. The van der Waals surface area contributed by atoms with E-state index in [1.165, 1.54) is 6.07 Å². The van der Waals surface area contributed by atoms with E-state index in [0.29, 0.717) is 23.3 Å². The number of H-pyrrole nitrogens is 1. The van der Waals surface area contributed by atoms with Crippen molar-refractivity contribution in [2.45, 2.75) is 30.1 Å². The van der Waals surface area contributed by atoms with E-state index in [-0.39, 0.29) is 10.8 Å². The molecule has 6 nitrogen and oxygen atoms in total. The second-order valence-corrected chi connectivity index (χ2v) is 7.51. The predicted molar refractivity (Wildman–Crippen MR) is 76.9 cm³/mol. The molecule has 1 aromatic heterocycles. The molecule has 1 heterocycles. The first kappa shape index (κ1) is 14.1. The number of carboxylic acids is 1. The van der Waals surface area contributed by atoms with E-state index >= 15 is 0 Å². The lowest BCUT2D eigenvalue weighted by molar-refractivity contribution is -0.142. The summed E-state index contributed by atoms with van der Waals surface area (Å²) in [5.74, 6) is -0.873. The Morgan fingerprint density at radius 2 is 2.14 bits per heavy atom. The molecule has 0 spiro atoms. The topological polar surface area (TPSA) is 100 Å². The maximum Gasteiger partial charge on any atom is 0.307 e. The number of aliphatic carboxylic acids is 1. The molecule has 3 rings (SSSR count). The minimum absolute atomic E-state index is 0.173. The van der Waals surface area contributed by atoms with Gasteiger partial charge in [-0.3, -0.25) is 4.79 Å². The van der Waals surface area contributed by atoms with Gasteiger partial charge < -0.3 is 10.1 Å². The first-order valence-electron chi connectivity index (χ1n) is 6.79. The molecule has 1 aromatic carbocycles. The summed E-state index contributed by atoms with van der Waals surface area (Å²) in [5, 5.41) is 9.27. The molecule has 1 fully saturated rings. The van der Waals surface area contributed by atoms with E-state index < -0.39 is 21.7 Å². The summed E-state index contributed by atoms with van der Waals surface area (Å²) < 4.78 is 23.6. The smallest absolute Gasteiger partial charge is 0.307 e. The highest BCUT2D eigenvalue weighted by Gasteiger charge is 2.36. The number of hydrogen-bond acceptors (Lipinski definition) is 4. The fraction of sp³-hybridized carbons (Fsp3) is 0.429. The predicted octanol–water partition coefficient (Wildman–Crippen LogP) is 1.93. The summed E-state index contributed by atoms with van der Waals surface area (Å²) in [6.45, 7) is 0. The molecule has 21 heavy (non-hydrogen) atoms. The van der Waals surface area contributed by atoms with Gasteiger partial charge in [0.1, 0.15) is 11.3 Å². The molecular formula is C14H16N2O4S. The second kappa shape index (κ2) is 4.84. The van der Waals surface area contributed by atoms with Gasteiger partial charge in [-0.15, -0.1) is 0 Å². The van der Waals surface area contributed by atoms with Crippen LogP contribution < -0.4 is 0 Å². The first-order valence-corrected chi connectivity index (χ1v) is 8.68. The number of carbonyl (C=O) groups is 1. The van der Waals surface area contributed by atoms with Gasteiger partial charge >= 0.3 is 5.97 Å². The van der Waals surface area contributed by atoms with E-state index in [2.05, 4.69) is 9.97 Å². The number of aromatic nitrogens is 2. The van der Waals surface area contributed by atoms with Crippen LogP contribution in [0.15, 0.2) is 23.1 Å². The van der Waals surface area contributed by atoms with Crippen molar-refractivity contribution in [3.63, 3.8) is 0 Å². The number of imidazole rings is 1. The number of nitrogens with zero attached hydrogens (tertiary/aromatic N) is 1. The Morgan fingerprint density at radius 1 is 1.38 bits per heavy atom. The average Bonchev–Trinajstić information content (AvgIpc) is 3.02. The van der Waals surface area contributed by atoms with Gasteiger partial charge in [0.05, 0.1) is 16.3 Å². The molecule has 0 bridgehead atoms. The Kier molecular flexibility index (Phi) is 3.24. The van der Waals surface area contributed by atoms with Crippen molar-refractivity contribution >= 4 is 26.8 Å². The molecule has 0 aliphatic heterocycles. The van der Waals surface area contributed by atoms with E-state index in [4.69, 9.17) is 0 Å². The molecular weight excluding hydrogens is 292 g/mol. The van der Waals surface area contributed by atoms with Crippen LogP contribution in [0.4, 0.5) is 0 Å². The lowest BCUT2D eigenvalue weighted by atomic mass is 9.96. The summed E-state index contributed by atoms with van der Waals surface area (Å²) in [7, 11) is -3.37. The molecule has 7 heteroatoms. The molecule has 2 atom stereocenters. The molecule has 2 aromatic rings. The minimum atomic E-state index is -3.37. The Hall–Kier alpha value is -1.89. The minimum Gasteiger partial charge on any atom is -0.481 e. The van der Waals surface area contributed by atoms with Gasteiger partial charge in [0, 0.05) is 12.2 Å². The van der Waals surface area contributed by atoms with Gasteiger partial charge in [0.2, 0.25) is 0 Å². The van der Waals surface area contributed by atoms with Crippen molar-refractivity contribution in [2.75, 3.05) is 6.26 Å². The molecule has 2 N–H and O–H groups in total. The van der Waals surface area contributed by atoms with Crippen molar-refractivity contribution in [2.24, 2.45) is 5.92 Å². The molecule has 1 aliphatic carbocycles. The van der Waals surface area contributed by atoms with Gasteiger partial charge in [-0.25, -0.2) is 13.4 Å². The SMILES string of the molecule is CS(=O)(=O)c1cccc2[nH]c(C3CCCC3C(=O)O)nc12. The maximum atomic E-state index is 11.8. The van der Waals surface area contributed by atoms with Gasteiger partial charge in [-0.05, 0) is 25.0 Å². The summed E-state index contributed by atoms with van der Waals surface area (Å²) in [6.07, 6.45) is 3.38. The Morgan fingerprint density at radius 3 is 2.81 bits per heavy atom. The first-order chi connectivity index (χ1) is 9.88. The summed E-state index contributed by atoms with van der Waals surface area (Å²) in [4.78, 5) is 19.0. The highest BCUT2D eigenvalue weighted by Crippen LogP contribution is 2.39. The highest BCUT2D eigenvalue weighted by molar-refractivity contribution is 7.91. The van der Waals surface area contributed by atoms with Crippen molar-refractivity contribution in [3.8, 4) is 0 Å². The van der Waals surface area contributed by atoms with Crippen molar-refractivity contribution < 1.29 is 18.3 Å². The van der Waals surface area contributed by atoms with Gasteiger partial charge in [-0.1, -0.05) is 12.5 Å². The fourth-order valence-electron chi connectivity index (χ4n) is 3.08. The van der Waals surface area contributed by atoms with Gasteiger partial charge in [-0.2, -0.15) is 0 Å². The molecule has 112 valence electrons. The third-order valence-electron chi connectivity index (χ3n) is 4.08. The Labute approximate surface area is 122 Å². The lowest BCUT2D eigenvalue weighted by Gasteiger charge is -2.12. The maximum absolute atomic E-state index is 11.8. The number of sulfone groups is 1. The molecule has 2 unspecified atom stereocenters. The molecule has 0 radical (unpaired) electrons. The van der Waals surface area contributed by atoms with E-state index in [0.717, 1.165) is 19.1 Å². The average molecular weight is 308 g/mol. The van der Waals surface area contributed by atoms with Crippen molar-refractivity contribution in [3.05, 3.63) is 24.0 Å². The number of rotatable bonds is 3. The quantitative estimate of drug-likeness (QED) is 0.902. The van der Waals surface area contributed by atoms with E-state index in [1.807, 2.05) is 0 Å². The molecule has 1 aliphatic rings. The Balaban J connectivity index is 2.12. The van der Waals surface area contributed by atoms with Crippen LogP contribution in [0, 0.1) is 5.92 Å². The number of para-hydroxylation sites is 1. The zero-order valence-corrected chi connectivity index (χ0v) is 12.4. The van der Waals surface area contributed by atoms with Crippen LogP contribution in [0.5, 0.6) is 0 Å². The number of hydrogen-bond donors (Lipinski definition) is 2. The van der Waals surface area contributed by atoms with Crippen LogP contribution in [0.2, 0.25) is 0 Å². The van der Waals surface area contributed by atoms with E-state index in [9.17, 15) is 18.3 Å². The van der Waals surface area contributed by atoms with Crippen LogP contribution in [0.25, 0.3) is 11.0 Å². The molecule has 0 saturated heterocycles. The lowest BCUT2D eigenvalue weighted by Crippen LogP contribution is -2.17. The van der Waals surface area contributed by atoms with E-state index in [1.54, 1.807) is 12.1 Å². The zero-order valence-electron chi connectivity index (χ0n) is 11.5. The third kappa shape index (κ3) is 2.42. The van der Waals surface area contributed by atoms with Gasteiger partial charge in [0.15, 0.2) is 9.84 Å². The van der Waals surface area contributed by atoms with Crippen LogP contribution in [-0.4, -0.2) is 35.7 Å². The van der Waals surface area contributed by atoms with Gasteiger partial charge in [0.25, 0.3) is 0 Å². The third-order valence-corrected chi connectivity index (χ3v) is 5.21. The number of aromatic amines is 1. The van der Waals surface area contributed by atoms with Crippen LogP contribution in [0.3, 0.4) is 0 Å². The number of benzene rings is 1. The fourth-order valence-corrected chi connectivity index (χ4v) is 3.92. The standard InChI is InChI=1S/C14H16N2O4S/c1-21(19,20)11-7-3-6-10-12(11)16-13(15-10)8-4-2-5-9(8)14(17)18/h3,6-9H,2,4-5H2,1H3,(H,15,16)(H,17,18). The van der Waals surface area contributed by atoms with Crippen LogP contribution in [-0.2, 0) is 14.6 Å². The van der Waals surface area contributed by atoms with Crippen LogP contribution >= 0.6 is 0 Å². The number of fused-ring (bicyclic) bond motifs is 1. The Bertz CT molecular complexity index is 809. The number of nitrogens with one attached hydrogen (secondary N) is 1. The van der Waals surface area contributed by atoms with Crippen LogP contribution in [0.1, 0.15) is 31.0 Å². The summed E-state index contributed by atoms with van der Waals surface area (Å²) in [5.41, 5.74) is 1.02. The second-order valence-electron chi connectivity index (χ2n) is 5.53. The summed E-state index contributed by atoms with van der Waals surface area (Å²) in [6, 6.07) is 4.93. The summed E-state index contributed by atoms with van der Waals surface area (Å²) >= 11 is 0. The largest absolute Gasteiger partial charge is 0.481 e. The normalized spacial score (nSPS) is 22.7. The van der Waals surface area contributed by atoms with Crippen molar-refractivity contribution in [1.29, 1.82) is 0 Å².